The van der Waals surface area contributed by atoms with Crippen LogP contribution in [0.25, 0.3) is 10.9 Å². The number of benzene rings is 2. The number of hydrogen-bond donors (Lipinski definition) is 1. The second-order valence-electron chi connectivity index (χ2n) is 6.40. The minimum atomic E-state index is -0.264. The van der Waals surface area contributed by atoms with Gasteiger partial charge in [-0.05, 0) is 41.5 Å². The van der Waals surface area contributed by atoms with E-state index < -0.39 is 0 Å². The lowest BCUT2D eigenvalue weighted by Crippen LogP contribution is -2.20. The average molecular weight is 344 g/mol. The number of nitrogens with one attached hydrogen (secondary N) is 1. The van der Waals surface area contributed by atoms with E-state index in [1.807, 2.05) is 48.5 Å². The Morgan fingerprint density at radius 2 is 2.00 bits per heavy atom. The summed E-state index contributed by atoms with van der Waals surface area (Å²) in [7, 11) is 1.64. The Labute approximate surface area is 150 Å². The molecule has 3 aromatic rings. The van der Waals surface area contributed by atoms with E-state index in [0.717, 1.165) is 39.2 Å². The molecule has 1 aromatic heterocycles. The highest BCUT2D eigenvalue weighted by Gasteiger charge is 2.39. The monoisotopic (exact) mass is 344 g/mol. The number of esters is 1. The lowest BCUT2D eigenvalue weighted by Gasteiger charge is -2.28. The van der Waals surface area contributed by atoms with Gasteiger partial charge in [-0.3, -0.25) is 4.98 Å². The average Bonchev–Trinajstić information content (AvgIpc) is 3.07. The molecule has 3 heterocycles. The number of hydrogen-bond acceptors (Lipinski definition) is 5. The molecule has 0 saturated heterocycles. The zero-order chi connectivity index (χ0) is 17.7. The van der Waals surface area contributed by atoms with Crippen LogP contribution in [0.2, 0.25) is 0 Å². The predicted molar refractivity (Wildman–Crippen MR) is 98.2 cm³/mol. The first-order valence-corrected chi connectivity index (χ1v) is 8.45. The third-order valence-corrected chi connectivity index (χ3v) is 5.03. The van der Waals surface area contributed by atoms with Gasteiger partial charge in [-0.2, -0.15) is 0 Å². The smallest absolute Gasteiger partial charge is 0.337 e. The number of carbonyl (C=O) groups is 1. The lowest BCUT2D eigenvalue weighted by molar-refractivity contribution is -0.136. The third kappa shape index (κ3) is 2.10. The Bertz CT molecular complexity index is 1070. The van der Waals surface area contributed by atoms with Crippen LogP contribution in [-0.2, 0) is 9.53 Å². The van der Waals surface area contributed by atoms with E-state index in [4.69, 9.17) is 9.47 Å². The van der Waals surface area contributed by atoms with E-state index in [-0.39, 0.29) is 18.5 Å². The van der Waals surface area contributed by atoms with Crippen LogP contribution in [0.1, 0.15) is 17.0 Å². The summed E-state index contributed by atoms with van der Waals surface area (Å²) in [6.07, 6.45) is 1.78. The first-order chi connectivity index (χ1) is 12.8. The van der Waals surface area contributed by atoms with Gasteiger partial charge in [0.15, 0.2) is 0 Å². The Kier molecular flexibility index (Phi) is 3.22. The molecule has 2 aromatic carbocycles. The number of pyridine rings is 1. The molecule has 0 radical (unpaired) electrons. The van der Waals surface area contributed by atoms with Crippen molar-refractivity contribution in [2.24, 2.45) is 0 Å². The van der Waals surface area contributed by atoms with E-state index in [0.29, 0.717) is 5.57 Å². The first-order valence-electron chi connectivity index (χ1n) is 8.45. The summed E-state index contributed by atoms with van der Waals surface area (Å²) in [5.74, 6) is 0.320. The van der Waals surface area contributed by atoms with Crippen LogP contribution in [0.4, 0.5) is 5.69 Å². The number of carbonyl (C=O) groups excluding carboxylic acids is 1. The van der Waals surface area contributed by atoms with Gasteiger partial charge in [0.1, 0.15) is 12.4 Å². The number of ether oxygens (including phenoxy) is 2. The Morgan fingerprint density at radius 3 is 2.81 bits per heavy atom. The third-order valence-electron chi connectivity index (χ3n) is 5.03. The van der Waals surface area contributed by atoms with Crippen LogP contribution < -0.4 is 10.1 Å². The highest BCUT2D eigenvalue weighted by molar-refractivity contribution is 6.00. The highest BCUT2D eigenvalue weighted by Crippen LogP contribution is 2.47. The molecule has 5 heteroatoms. The fourth-order valence-electron chi connectivity index (χ4n) is 3.84. The van der Waals surface area contributed by atoms with Crippen molar-refractivity contribution >= 4 is 22.6 Å². The van der Waals surface area contributed by atoms with Crippen LogP contribution in [0.3, 0.4) is 0 Å². The van der Waals surface area contributed by atoms with Crippen LogP contribution in [-0.4, -0.2) is 24.7 Å². The maximum atomic E-state index is 12.5. The Morgan fingerprint density at radius 1 is 1.15 bits per heavy atom. The summed E-state index contributed by atoms with van der Waals surface area (Å²) in [4.78, 5) is 17.0. The van der Waals surface area contributed by atoms with Crippen molar-refractivity contribution in [3.8, 4) is 5.75 Å². The number of fused-ring (bicyclic) bond motifs is 3. The zero-order valence-electron chi connectivity index (χ0n) is 14.2. The zero-order valence-corrected chi connectivity index (χ0v) is 14.2. The number of anilines is 1. The molecule has 2 aliphatic heterocycles. The molecule has 5 rings (SSSR count). The second kappa shape index (κ2) is 5.59. The van der Waals surface area contributed by atoms with Crippen molar-refractivity contribution in [2.45, 2.75) is 5.92 Å². The lowest BCUT2D eigenvalue weighted by atomic mass is 9.79. The molecule has 26 heavy (non-hydrogen) atoms. The number of methoxy groups -OCH3 is 1. The van der Waals surface area contributed by atoms with Crippen molar-refractivity contribution in [3.05, 3.63) is 77.1 Å². The molecule has 0 aliphatic carbocycles. The molecule has 0 spiro atoms. The second-order valence-corrected chi connectivity index (χ2v) is 6.40. The Balaban J connectivity index is 1.79. The van der Waals surface area contributed by atoms with Gasteiger partial charge in [-0.1, -0.05) is 18.2 Å². The molecule has 0 bridgehead atoms. The summed E-state index contributed by atoms with van der Waals surface area (Å²) in [6.45, 7) is 0.283. The molecular weight excluding hydrogens is 328 g/mol. The van der Waals surface area contributed by atoms with E-state index in [2.05, 4.69) is 10.3 Å². The van der Waals surface area contributed by atoms with Gasteiger partial charge < -0.3 is 14.8 Å². The minimum Gasteiger partial charge on any atom is -0.497 e. The molecule has 1 N–H and O–H groups in total. The normalized spacial score (nSPS) is 18.2. The molecule has 5 nitrogen and oxygen atoms in total. The molecule has 1 unspecified atom stereocenters. The first kappa shape index (κ1) is 15.0. The van der Waals surface area contributed by atoms with Crippen molar-refractivity contribution in [3.63, 3.8) is 0 Å². The van der Waals surface area contributed by atoms with Gasteiger partial charge in [0.05, 0.1) is 23.9 Å². The largest absolute Gasteiger partial charge is 0.497 e. The molecule has 1 atom stereocenters. The van der Waals surface area contributed by atoms with Gasteiger partial charge in [0.2, 0.25) is 0 Å². The number of aromatic nitrogens is 1. The van der Waals surface area contributed by atoms with Gasteiger partial charge >= 0.3 is 5.97 Å². The molecule has 128 valence electrons. The molecular formula is C21H16N2O3. The molecule has 0 fully saturated rings. The van der Waals surface area contributed by atoms with Crippen molar-refractivity contribution < 1.29 is 14.3 Å². The minimum absolute atomic E-state index is 0.199. The van der Waals surface area contributed by atoms with Crippen LogP contribution in [0, 0.1) is 0 Å². The standard InChI is InChI=1S/C21H16N2O3/c1-25-13-6-4-12(5-7-13)18-19-14-3-2-10-22-15(14)8-9-16(19)23-17-11-26-21(24)20(17)18/h2-10,18,23H,11H2,1H3. The predicted octanol–water partition coefficient (Wildman–Crippen LogP) is 3.61. The maximum Gasteiger partial charge on any atom is 0.337 e. The van der Waals surface area contributed by atoms with Gasteiger partial charge in [0, 0.05) is 23.2 Å². The van der Waals surface area contributed by atoms with E-state index >= 15 is 0 Å². The quantitative estimate of drug-likeness (QED) is 0.720. The van der Waals surface area contributed by atoms with Crippen LogP contribution in [0.5, 0.6) is 5.75 Å². The van der Waals surface area contributed by atoms with E-state index in [1.54, 1.807) is 13.3 Å². The fraction of sp³-hybridized carbons (Fsp3) is 0.143. The van der Waals surface area contributed by atoms with E-state index in [9.17, 15) is 4.79 Å². The van der Waals surface area contributed by atoms with Crippen LogP contribution in [0.15, 0.2) is 66.0 Å². The SMILES string of the molecule is COc1ccc(C2C3=C(COC3=O)Nc3ccc4ncccc4c32)cc1. The van der Waals surface area contributed by atoms with Gasteiger partial charge in [-0.25, -0.2) is 4.79 Å². The number of nitrogens with zero attached hydrogens (tertiary/aromatic N) is 1. The summed E-state index contributed by atoms with van der Waals surface area (Å²) in [5, 5.41) is 4.42. The van der Waals surface area contributed by atoms with Crippen molar-refractivity contribution in [1.82, 2.24) is 4.98 Å². The summed E-state index contributed by atoms with van der Waals surface area (Å²) >= 11 is 0. The maximum absolute atomic E-state index is 12.5. The molecule has 0 amide bonds. The van der Waals surface area contributed by atoms with Gasteiger partial charge in [0.25, 0.3) is 0 Å². The number of rotatable bonds is 2. The van der Waals surface area contributed by atoms with Crippen molar-refractivity contribution in [1.29, 1.82) is 0 Å². The fourth-order valence-corrected chi connectivity index (χ4v) is 3.84. The van der Waals surface area contributed by atoms with E-state index in [1.165, 1.54) is 0 Å². The summed E-state index contributed by atoms with van der Waals surface area (Å²) < 4.78 is 10.6. The number of cyclic esters (lactones) is 1. The topological polar surface area (TPSA) is 60.5 Å². The Hall–Kier alpha value is -3.34. The summed E-state index contributed by atoms with van der Waals surface area (Å²) in [6, 6.07) is 15.8. The van der Waals surface area contributed by atoms with Crippen LogP contribution >= 0.6 is 0 Å². The summed E-state index contributed by atoms with van der Waals surface area (Å²) in [5.41, 5.74) is 5.49. The molecule has 0 saturated carbocycles. The van der Waals surface area contributed by atoms with Crippen molar-refractivity contribution in [2.75, 3.05) is 19.0 Å². The van der Waals surface area contributed by atoms with Gasteiger partial charge in [-0.15, -0.1) is 0 Å². The highest BCUT2D eigenvalue weighted by atomic mass is 16.5. The molecule has 2 aliphatic rings.